The van der Waals surface area contributed by atoms with Gasteiger partial charge in [0.25, 0.3) is 0 Å². The lowest BCUT2D eigenvalue weighted by atomic mass is 9.82. The third-order valence-corrected chi connectivity index (χ3v) is 4.04. The topological polar surface area (TPSA) is 12.0 Å². The molecular formula is C15H23N. The molecule has 0 aromatic heterocycles. The maximum atomic E-state index is 3.26. The zero-order valence-electron chi connectivity index (χ0n) is 10.7. The summed E-state index contributed by atoms with van der Waals surface area (Å²) in [6, 6.07) is 11.0. The van der Waals surface area contributed by atoms with E-state index in [0.29, 0.717) is 5.41 Å². The SMILES string of the molecule is CNCCC(C)(C)C1CC1c1ccccc1. The lowest BCUT2D eigenvalue weighted by Gasteiger charge is -2.25. The summed E-state index contributed by atoms with van der Waals surface area (Å²) < 4.78 is 0. The fraction of sp³-hybridized carbons (Fsp3) is 0.600. The van der Waals surface area contributed by atoms with Gasteiger partial charge in [0.15, 0.2) is 0 Å². The Morgan fingerprint density at radius 1 is 1.25 bits per heavy atom. The van der Waals surface area contributed by atoms with Crippen LogP contribution in [0.15, 0.2) is 30.3 Å². The van der Waals surface area contributed by atoms with Gasteiger partial charge in [-0.25, -0.2) is 0 Å². The Balaban J connectivity index is 1.95. The summed E-state index contributed by atoms with van der Waals surface area (Å²) in [5.74, 6) is 1.69. The number of hydrogen-bond donors (Lipinski definition) is 1. The van der Waals surface area contributed by atoms with E-state index in [1.165, 1.54) is 18.4 Å². The highest BCUT2D eigenvalue weighted by Gasteiger charge is 2.47. The molecule has 16 heavy (non-hydrogen) atoms. The molecule has 0 aliphatic heterocycles. The molecular weight excluding hydrogens is 194 g/mol. The van der Waals surface area contributed by atoms with E-state index in [1.54, 1.807) is 0 Å². The summed E-state index contributed by atoms with van der Waals surface area (Å²) in [5.41, 5.74) is 2.01. The Morgan fingerprint density at radius 2 is 1.94 bits per heavy atom. The molecule has 88 valence electrons. The van der Waals surface area contributed by atoms with Gasteiger partial charge in [-0.15, -0.1) is 0 Å². The van der Waals surface area contributed by atoms with Gasteiger partial charge in [0.1, 0.15) is 0 Å². The van der Waals surface area contributed by atoms with Gasteiger partial charge in [0.2, 0.25) is 0 Å². The quantitative estimate of drug-likeness (QED) is 0.797. The van der Waals surface area contributed by atoms with Gasteiger partial charge in [-0.3, -0.25) is 0 Å². The van der Waals surface area contributed by atoms with Crippen LogP contribution in [0, 0.1) is 11.3 Å². The molecule has 0 heterocycles. The fourth-order valence-corrected chi connectivity index (χ4v) is 2.76. The van der Waals surface area contributed by atoms with Gasteiger partial charge < -0.3 is 5.32 Å². The molecule has 1 aromatic carbocycles. The van der Waals surface area contributed by atoms with Crippen molar-refractivity contribution in [3.05, 3.63) is 35.9 Å². The van der Waals surface area contributed by atoms with Crippen molar-refractivity contribution >= 4 is 0 Å². The average Bonchev–Trinajstić information content (AvgIpc) is 3.08. The maximum Gasteiger partial charge on any atom is -0.00467 e. The van der Waals surface area contributed by atoms with Gasteiger partial charge in [-0.05, 0) is 49.2 Å². The Kier molecular flexibility index (Phi) is 3.34. The summed E-state index contributed by atoms with van der Waals surface area (Å²) in [6.45, 7) is 5.96. The molecule has 1 fully saturated rings. The van der Waals surface area contributed by atoms with Crippen molar-refractivity contribution in [3.63, 3.8) is 0 Å². The van der Waals surface area contributed by atoms with Crippen molar-refractivity contribution in [2.75, 3.05) is 13.6 Å². The van der Waals surface area contributed by atoms with Crippen LogP contribution in [0.5, 0.6) is 0 Å². The van der Waals surface area contributed by atoms with E-state index in [1.807, 2.05) is 7.05 Å². The molecule has 1 aliphatic rings. The van der Waals surface area contributed by atoms with Crippen LogP contribution in [0.3, 0.4) is 0 Å². The highest BCUT2D eigenvalue weighted by atomic mass is 14.8. The normalized spacial score (nSPS) is 24.4. The molecule has 1 N–H and O–H groups in total. The summed E-state index contributed by atoms with van der Waals surface area (Å²) in [7, 11) is 2.04. The second kappa shape index (κ2) is 4.58. The number of rotatable bonds is 5. The average molecular weight is 217 g/mol. The van der Waals surface area contributed by atoms with E-state index in [0.717, 1.165) is 18.4 Å². The number of nitrogens with one attached hydrogen (secondary N) is 1. The van der Waals surface area contributed by atoms with Crippen LogP contribution in [-0.2, 0) is 0 Å². The van der Waals surface area contributed by atoms with E-state index < -0.39 is 0 Å². The minimum atomic E-state index is 0.476. The predicted molar refractivity (Wildman–Crippen MR) is 69.6 cm³/mol. The first-order valence-electron chi connectivity index (χ1n) is 6.34. The van der Waals surface area contributed by atoms with Gasteiger partial charge in [-0.2, -0.15) is 0 Å². The highest BCUT2D eigenvalue weighted by molar-refractivity contribution is 5.26. The molecule has 2 atom stereocenters. The van der Waals surface area contributed by atoms with E-state index in [-0.39, 0.29) is 0 Å². The highest BCUT2D eigenvalue weighted by Crippen LogP contribution is 2.57. The van der Waals surface area contributed by atoms with Crippen LogP contribution in [-0.4, -0.2) is 13.6 Å². The zero-order valence-corrected chi connectivity index (χ0v) is 10.7. The van der Waals surface area contributed by atoms with Crippen molar-refractivity contribution in [2.24, 2.45) is 11.3 Å². The molecule has 2 unspecified atom stereocenters. The monoisotopic (exact) mass is 217 g/mol. The number of benzene rings is 1. The first-order valence-corrected chi connectivity index (χ1v) is 6.34. The van der Waals surface area contributed by atoms with Gasteiger partial charge in [0, 0.05) is 0 Å². The predicted octanol–water partition coefficient (Wildman–Crippen LogP) is 3.43. The minimum Gasteiger partial charge on any atom is -0.320 e. The number of hydrogen-bond acceptors (Lipinski definition) is 1. The molecule has 1 aliphatic carbocycles. The summed E-state index contributed by atoms with van der Waals surface area (Å²) >= 11 is 0. The summed E-state index contributed by atoms with van der Waals surface area (Å²) in [5, 5.41) is 3.26. The molecule has 2 rings (SSSR count). The Morgan fingerprint density at radius 3 is 2.56 bits per heavy atom. The molecule has 0 saturated heterocycles. The lowest BCUT2D eigenvalue weighted by Crippen LogP contribution is -2.22. The van der Waals surface area contributed by atoms with Crippen molar-refractivity contribution in [3.8, 4) is 0 Å². The van der Waals surface area contributed by atoms with Crippen LogP contribution in [0.2, 0.25) is 0 Å². The molecule has 1 nitrogen and oxygen atoms in total. The Hall–Kier alpha value is -0.820. The van der Waals surface area contributed by atoms with Crippen LogP contribution >= 0.6 is 0 Å². The first kappa shape index (κ1) is 11.7. The van der Waals surface area contributed by atoms with Crippen LogP contribution < -0.4 is 5.32 Å². The molecule has 1 aromatic rings. The standard InChI is InChI=1S/C15H23N/c1-15(2,9-10-16-3)14-11-13(14)12-7-5-4-6-8-12/h4-8,13-14,16H,9-11H2,1-3H3. The van der Waals surface area contributed by atoms with E-state index in [9.17, 15) is 0 Å². The van der Waals surface area contributed by atoms with Crippen LogP contribution in [0.4, 0.5) is 0 Å². The lowest BCUT2D eigenvalue weighted by molar-refractivity contribution is 0.276. The molecule has 0 spiro atoms. The Bertz CT molecular complexity index is 329. The Labute approximate surface area is 99.3 Å². The maximum absolute atomic E-state index is 3.26. The van der Waals surface area contributed by atoms with E-state index in [4.69, 9.17) is 0 Å². The van der Waals surface area contributed by atoms with E-state index in [2.05, 4.69) is 49.5 Å². The molecule has 0 bridgehead atoms. The smallest absolute Gasteiger partial charge is 0.00467 e. The largest absolute Gasteiger partial charge is 0.320 e. The van der Waals surface area contributed by atoms with Crippen molar-refractivity contribution in [1.82, 2.24) is 5.32 Å². The first-order chi connectivity index (χ1) is 7.65. The third-order valence-electron chi connectivity index (χ3n) is 4.04. The summed E-state index contributed by atoms with van der Waals surface area (Å²) in [4.78, 5) is 0. The molecule has 0 radical (unpaired) electrons. The minimum absolute atomic E-state index is 0.476. The third kappa shape index (κ3) is 2.46. The van der Waals surface area contributed by atoms with Gasteiger partial charge >= 0.3 is 0 Å². The van der Waals surface area contributed by atoms with Crippen molar-refractivity contribution in [2.45, 2.75) is 32.6 Å². The molecule has 1 saturated carbocycles. The molecule has 1 heteroatoms. The summed E-state index contributed by atoms with van der Waals surface area (Å²) in [6.07, 6.45) is 2.65. The van der Waals surface area contributed by atoms with Crippen molar-refractivity contribution < 1.29 is 0 Å². The zero-order chi connectivity index (χ0) is 11.6. The van der Waals surface area contributed by atoms with Crippen molar-refractivity contribution in [1.29, 1.82) is 0 Å². The second-order valence-corrected chi connectivity index (χ2v) is 5.70. The van der Waals surface area contributed by atoms with Crippen LogP contribution in [0.25, 0.3) is 0 Å². The second-order valence-electron chi connectivity index (χ2n) is 5.70. The van der Waals surface area contributed by atoms with E-state index >= 15 is 0 Å². The molecule has 0 amide bonds. The van der Waals surface area contributed by atoms with Gasteiger partial charge in [-0.1, -0.05) is 44.2 Å². The van der Waals surface area contributed by atoms with Crippen LogP contribution in [0.1, 0.15) is 38.2 Å². The van der Waals surface area contributed by atoms with Gasteiger partial charge in [0.05, 0.1) is 0 Å². The fourth-order valence-electron chi connectivity index (χ4n) is 2.76.